The van der Waals surface area contributed by atoms with E-state index >= 15 is 0 Å². The minimum atomic E-state index is -0.270. The fourth-order valence-electron chi connectivity index (χ4n) is 2.24. The zero-order valence-corrected chi connectivity index (χ0v) is 14.3. The molecular weight excluding hydrogens is 339 g/mol. The minimum absolute atomic E-state index is 0.270. The summed E-state index contributed by atoms with van der Waals surface area (Å²) in [5.41, 5.74) is 2.42. The summed E-state index contributed by atoms with van der Waals surface area (Å²) >= 11 is 13.6. The molecule has 2 aromatic carbocycles. The number of amides is 1. The van der Waals surface area contributed by atoms with Gasteiger partial charge in [-0.15, -0.1) is 0 Å². The highest BCUT2D eigenvalue weighted by Crippen LogP contribution is 2.29. The van der Waals surface area contributed by atoms with E-state index in [1.807, 2.05) is 42.8 Å². The van der Waals surface area contributed by atoms with Crippen molar-refractivity contribution in [3.63, 3.8) is 0 Å². The molecule has 0 aliphatic rings. The Labute approximate surface area is 141 Å². The molecule has 0 atom stereocenters. The van der Waals surface area contributed by atoms with Gasteiger partial charge in [0.2, 0.25) is 0 Å². The smallest absolute Gasteiger partial charge is 0.279 e. The molecule has 0 aliphatic carbocycles. The molecule has 0 saturated carbocycles. The van der Waals surface area contributed by atoms with Gasteiger partial charge in [0.1, 0.15) is 0 Å². The molecule has 0 saturated heterocycles. The fourth-order valence-corrected chi connectivity index (χ4v) is 4.06. The SMILES string of the molecule is Cc1cccc(C(=O)N=c2sc3cc(Cl)cc(Cl)c3n2C)c1. The Morgan fingerprint density at radius 2 is 2.00 bits per heavy atom. The summed E-state index contributed by atoms with van der Waals surface area (Å²) in [7, 11) is 1.83. The fraction of sp³-hybridized carbons (Fsp3) is 0.125. The van der Waals surface area contributed by atoms with E-state index in [9.17, 15) is 4.79 Å². The zero-order valence-electron chi connectivity index (χ0n) is 11.9. The van der Waals surface area contributed by atoms with Crippen LogP contribution >= 0.6 is 34.5 Å². The third kappa shape index (κ3) is 2.82. The number of rotatable bonds is 1. The van der Waals surface area contributed by atoms with Crippen LogP contribution in [0.1, 0.15) is 15.9 Å². The number of carbonyl (C=O) groups is 1. The lowest BCUT2D eigenvalue weighted by Gasteiger charge is -1.99. The molecule has 0 spiro atoms. The van der Waals surface area contributed by atoms with Crippen LogP contribution in [0.15, 0.2) is 41.4 Å². The maximum atomic E-state index is 12.3. The zero-order chi connectivity index (χ0) is 15.9. The van der Waals surface area contributed by atoms with Gasteiger partial charge < -0.3 is 4.57 Å². The van der Waals surface area contributed by atoms with Gasteiger partial charge in [-0.3, -0.25) is 4.79 Å². The van der Waals surface area contributed by atoms with Gasteiger partial charge in [0.05, 0.1) is 15.2 Å². The Kier molecular flexibility index (Phi) is 4.08. The van der Waals surface area contributed by atoms with E-state index in [-0.39, 0.29) is 5.91 Å². The molecule has 0 bridgehead atoms. The molecule has 6 heteroatoms. The lowest BCUT2D eigenvalue weighted by atomic mass is 10.1. The number of nitrogens with zero attached hydrogens (tertiary/aromatic N) is 2. The molecular formula is C16H12Cl2N2OS. The van der Waals surface area contributed by atoms with Gasteiger partial charge >= 0.3 is 0 Å². The van der Waals surface area contributed by atoms with E-state index in [0.717, 1.165) is 15.8 Å². The quantitative estimate of drug-likeness (QED) is 0.631. The van der Waals surface area contributed by atoms with Crippen molar-refractivity contribution in [2.24, 2.45) is 12.0 Å². The number of thiazole rings is 1. The van der Waals surface area contributed by atoms with Crippen LogP contribution in [0.5, 0.6) is 0 Å². The number of halogens is 2. The van der Waals surface area contributed by atoms with Gasteiger partial charge in [-0.2, -0.15) is 4.99 Å². The topological polar surface area (TPSA) is 34.4 Å². The van der Waals surface area contributed by atoms with Gasteiger partial charge in [0.25, 0.3) is 5.91 Å². The summed E-state index contributed by atoms with van der Waals surface area (Å²) in [6.45, 7) is 1.94. The maximum absolute atomic E-state index is 12.3. The van der Waals surface area contributed by atoms with E-state index in [1.165, 1.54) is 11.3 Å². The molecule has 0 N–H and O–H groups in total. The molecule has 1 amide bonds. The molecule has 0 unspecified atom stereocenters. The molecule has 3 rings (SSSR count). The Morgan fingerprint density at radius 1 is 1.23 bits per heavy atom. The van der Waals surface area contributed by atoms with Gasteiger partial charge in [0.15, 0.2) is 4.80 Å². The van der Waals surface area contributed by atoms with Crippen molar-refractivity contribution in [3.05, 3.63) is 62.4 Å². The molecule has 1 aromatic heterocycles. The molecule has 22 heavy (non-hydrogen) atoms. The first kappa shape index (κ1) is 15.3. The average Bonchev–Trinajstić information content (AvgIpc) is 2.75. The van der Waals surface area contributed by atoms with Crippen molar-refractivity contribution in [1.29, 1.82) is 0 Å². The highest BCUT2D eigenvalue weighted by Gasteiger charge is 2.10. The Morgan fingerprint density at radius 3 is 2.73 bits per heavy atom. The van der Waals surface area contributed by atoms with Crippen LogP contribution < -0.4 is 4.80 Å². The second kappa shape index (κ2) is 5.88. The van der Waals surface area contributed by atoms with Crippen LogP contribution in [0.2, 0.25) is 10.0 Å². The minimum Gasteiger partial charge on any atom is -0.318 e. The summed E-state index contributed by atoms with van der Waals surface area (Å²) in [6, 6.07) is 10.9. The van der Waals surface area contributed by atoms with Gasteiger partial charge in [0, 0.05) is 17.6 Å². The first-order valence-electron chi connectivity index (χ1n) is 6.56. The van der Waals surface area contributed by atoms with Crippen molar-refractivity contribution < 1.29 is 4.79 Å². The lowest BCUT2D eigenvalue weighted by Crippen LogP contribution is -2.13. The summed E-state index contributed by atoms with van der Waals surface area (Å²) in [4.78, 5) is 17.1. The highest BCUT2D eigenvalue weighted by molar-refractivity contribution is 7.16. The van der Waals surface area contributed by atoms with Crippen LogP contribution in [0, 0.1) is 6.92 Å². The number of aromatic nitrogens is 1. The standard InChI is InChI=1S/C16H12Cl2N2OS/c1-9-4-3-5-10(6-9)15(21)19-16-20(2)14-12(18)7-11(17)8-13(14)22-16/h3-8H,1-2H3. The van der Waals surface area contributed by atoms with Crippen LogP contribution in [-0.2, 0) is 7.05 Å². The largest absolute Gasteiger partial charge is 0.318 e. The van der Waals surface area contributed by atoms with Crippen molar-refractivity contribution in [3.8, 4) is 0 Å². The van der Waals surface area contributed by atoms with Crippen molar-refractivity contribution in [2.45, 2.75) is 6.92 Å². The maximum Gasteiger partial charge on any atom is 0.279 e. The van der Waals surface area contributed by atoms with Gasteiger partial charge in [-0.25, -0.2) is 0 Å². The molecule has 0 aliphatic heterocycles. The molecule has 3 nitrogen and oxygen atoms in total. The average molecular weight is 351 g/mol. The first-order valence-corrected chi connectivity index (χ1v) is 8.13. The molecule has 0 radical (unpaired) electrons. The third-order valence-electron chi connectivity index (χ3n) is 3.28. The predicted molar refractivity (Wildman–Crippen MR) is 91.9 cm³/mol. The number of benzene rings is 2. The normalized spacial score (nSPS) is 12.1. The number of aryl methyl sites for hydroxylation is 2. The van der Waals surface area contributed by atoms with E-state index in [4.69, 9.17) is 23.2 Å². The molecule has 112 valence electrons. The molecule has 3 aromatic rings. The second-order valence-electron chi connectivity index (χ2n) is 4.96. The van der Waals surface area contributed by atoms with Gasteiger partial charge in [-0.1, -0.05) is 52.2 Å². The number of hydrogen-bond acceptors (Lipinski definition) is 2. The summed E-state index contributed by atoms with van der Waals surface area (Å²) < 4.78 is 2.71. The third-order valence-corrected chi connectivity index (χ3v) is 4.86. The monoisotopic (exact) mass is 350 g/mol. The van der Waals surface area contributed by atoms with Crippen LogP contribution in [0.3, 0.4) is 0 Å². The van der Waals surface area contributed by atoms with Crippen LogP contribution in [-0.4, -0.2) is 10.5 Å². The Bertz CT molecular complexity index is 956. The van der Waals surface area contributed by atoms with Crippen LogP contribution in [0.4, 0.5) is 0 Å². The highest BCUT2D eigenvalue weighted by atomic mass is 35.5. The lowest BCUT2D eigenvalue weighted by molar-refractivity contribution is 0.0998. The molecule has 1 heterocycles. The van der Waals surface area contributed by atoms with E-state index in [1.54, 1.807) is 12.1 Å². The number of carbonyl (C=O) groups excluding carboxylic acids is 1. The number of fused-ring (bicyclic) bond motifs is 1. The van der Waals surface area contributed by atoms with E-state index in [0.29, 0.717) is 20.4 Å². The van der Waals surface area contributed by atoms with Gasteiger partial charge in [-0.05, 0) is 31.2 Å². The second-order valence-corrected chi connectivity index (χ2v) is 6.82. The summed E-state index contributed by atoms with van der Waals surface area (Å²) in [6.07, 6.45) is 0. The van der Waals surface area contributed by atoms with Crippen molar-refractivity contribution in [2.75, 3.05) is 0 Å². The Balaban J connectivity index is 2.16. The van der Waals surface area contributed by atoms with Crippen LogP contribution in [0.25, 0.3) is 10.2 Å². The number of hydrogen-bond donors (Lipinski definition) is 0. The predicted octanol–water partition coefficient (Wildman–Crippen LogP) is 4.60. The molecule has 0 fully saturated rings. The first-order chi connectivity index (χ1) is 10.5. The van der Waals surface area contributed by atoms with E-state index < -0.39 is 0 Å². The van der Waals surface area contributed by atoms with Crippen molar-refractivity contribution >= 4 is 50.7 Å². The summed E-state index contributed by atoms with van der Waals surface area (Å²) in [5, 5.41) is 1.11. The summed E-state index contributed by atoms with van der Waals surface area (Å²) in [5.74, 6) is -0.270. The van der Waals surface area contributed by atoms with E-state index in [2.05, 4.69) is 4.99 Å². The Hall–Kier alpha value is -1.62. The van der Waals surface area contributed by atoms with Crippen molar-refractivity contribution in [1.82, 2.24) is 4.57 Å².